The highest BCUT2D eigenvalue weighted by Crippen LogP contribution is 2.17. The number of hydrogen-bond acceptors (Lipinski definition) is 3. The number of rotatable bonds is 4. The summed E-state index contributed by atoms with van der Waals surface area (Å²) in [4.78, 5) is 5.02. The van der Waals surface area contributed by atoms with Gasteiger partial charge in [0.25, 0.3) is 0 Å². The van der Waals surface area contributed by atoms with Crippen LogP contribution in [0.2, 0.25) is 0 Å². The van der Waals surface area contributed by atoms with E-state index in [9.17, 15) is 0 Å². The van der Waals surface area contributed by atoms with Crippen molar-refractivity contribution in [1.82, 2.24) is 9.80 Å². The number of hydrogen-bond donors (Lipinski definition) is 1. The van der Waals surface area contributed by atoms with Gasteiger partial charge in [0.1, 0.15) is 0 Å². The van der Waals surface area contributed by atoms with Crippen molar-refractivity contribution in [3.05, 3.63) is 35.4 Å². The van der Waals surface area contributed by atoms with Gasteiger partial charge in [-0.2, -0.15) is 0 Å². The van der Waals surface area contributed by atoms with Gasteiger partial charge in [0.2, 0.25) is 0 Å². The monoisotopic (exact) mass is 285 g/mol. The van der Waals surface area contributed by atoms with Crippen LogP contribution in [-0.2, 0) is 6.54 Å². The molecule has 0 aromatic heterocycles. The molecule has 2 rings (SSSR count). The Morgan fingerprint density at radius 2 is 2.10 bits per heavy atom. The molecule has 1 heterocycles. The lowest BCUT2D eigenvalue weighted by atomic mass is 10.0. The molecule has 1 aliphatic rings. The minimum atomic E-state index is 0.417. The second-order valence-corrected chi connectivity index (χ2v) is 5.79. The molecule has 1 aliphatic heterocycles. The predicted molar refractivity (Wildman–Crippen MR) is 89.0 cm³/mol. The average Bonchev–Trinajstić information content (AvgIpc) is 2.53. The normalized spacial score (nSPS) is 16.8. The minimum absolute atomic E-state index is 0.417. The van der Waals surface area contributed by atoms with E-state index in [-0.39, 0.29) is 0 Å². The summed E-state index contributed by atoms with van der Waals surface area (Å²) < 4.78 is 0. The van der Waals surface area contributed by atoms with E-state index in [0.717, 1.165) is 12.1 Å². The standard InChI is InChI=1S/C18H27N3/c1-3-21-12-9-18(10-13-21)20(2)15-17-7-4-6-16(14-17)8-5-11-19/h4,6-7,14,18H,3,9-13,15,19H2,1-2H3. The molecule has 1 aromatic rings. The van der Waals surface area contributed by atoms with E-state index >= 15 is 0 Å². The molecule has 2 N–H and O–H groups in total. The molecule has 1 fully saturated rings. The number of piperidine rings is 1. The van der Waals surface area contributed by atoms with Crippen LogP contribution >= 0.6 is 0 Å². The van der Waals surface area contributed by atoms with Crippen LogP contribution in [0, 0.1) is 11.8 Å². The van der Waals surface area contributed by atoms with Crippen LogP contribution in [-0.4, -0.2) is 49.1 Å². The third kappa shape index (κ3) is 4.86. The van der Waals surface area contributed by atoms with Crippen LogP contribution in [0.3, 0.4) is 0 Å². The fraction of sp³-hybridized carbons (Fsp3) is 0.556. The first-order valence-corrected chi connectivity index (χ1v) is 7.93. The molecular formula is C18H27N3. The Morgan fingerprint density at radius 1 is 1.33 bits per heavy atom. The van der Waals surface area contributed by atoms with Crippen molar-refractivity contribution in [2.24, 2.45) is 5.73 Å². The molecule has 0 atom stereocenters. The van der Waals surface area contributed by atoms with E-state index in [2.05, 4.69) is 53.8 Å². The molecule has 21 heavy (non-hydrogen) atoms. The summed E-state index contributed by atoms with van der Waals surface area (Å²) in [6.07, 6.45) is 2.55. The molecule has 0 spiro atoms. The molecule has 3 nitrogen and oxygen atoms in total. The second-order valence-electron chi connectivity index (χ2n) is 5.79. The van der Waals surface area contributed by atoms with Crippen LogP contribution in [0.1, 0.15) is 30.9 Å². The van der Waals surface area contributed by atoms with Gasteiger partial charge in [-0.25, -0.2) is 0 Å². The Bertz CT molecular complexity index is 493. The lowest BCUT2D eigenvalue weighted by Crippen LogP contribution is -2.42. The van der Waals surface area contributed by atoms with Crippen molar-refractivity contribution in [3.8, 4) is 11.8 Å². The molecule has 0 aliphatic carbocycles. The van der Waals surface area contributed by atoms with Crippen molar-refractivity contribution in [2.45, 2.75) is 32.4 Å². The van der Waals surface area contributed by atoms with Crippen molar-refractivity contribution >= 4 is 0 Å². The zero-order chi connectivity index (χ0) is 15.1. The van der Waals surface area contributed by atoms with Crippen molar-refractivity contribution in [2.75, 3.05) is 33.2 Å². The van der Waals surface area contributed by atoms with Gasteiger partial charge >= 0.3 is 0 Å². The average molecular weight is 285 g/mol. The Labute approximate surface area is 129 Å². The van der Waals surface area contributed by atoms with Crippen molar-refractivity contribution in [1.29, 1.82) is 0 Å². The summed E-state index contributed by atoms with van der Waals surface area (Å²) in [6.45, 7) is 7.30. The molecule has 0 saturated carbocycles. The Morgan fingerprint density at radius 3 is 2.76 bits per heavy atom. The van der Waals surface area contributed by atoms with Crippen LogP contribution in [0.4, 0.5) is 0 Å². The zero-order valence-electron chi connectivity index (χ0n) is 13.3. The maximum absolute atomic E-state index is 5.43. The lowest BCUT2D eigenvalue weighted by molar-refractivity contribution is 0.127. The summed E-state index contributed by atoms with van der Waals surface area (Å²) >= 11 is 0. The molecule has 0 amide bonds. The number of benzene rings is 1. The number of likely N-dealkylation sites (tertiary alicyclic amines) is 1. The van der Waals surface area contributed by atoms with E-state index in [1.807, 2.05) is 6.07 Å². The van der Waals surface area contributed by atoms with Gasteiger partial charge in [-0.05, 0) is 57.2 Å². The van der Waals surface area contributed by atoms with Gasteiger partial charge in [-0.15, -0.1) is 0 Å². The maximum Gasteiger partial charge on any atom is 0.0555 e. The quantitative estimate of drug-likeness (QED) is 0.858. The Hall–Kier alpha value is -1.34. The summed E-state index contributed by atoms with van der Waals surface area (Å²) in [5, 5.41) is 0. The molecular weight excluding hydrogens is 258 g/mol. The minimum Gasteiger partial charge on any atom is -0.320 e. The molecule has 114 valence electrons. The van der Waals surface area contributed by atoms with E-state index in [0.29, 0.717) is 12.6 Å². The summed E-state index contributed by atoms with van der Waals surface area (Å²) in [7, 11) is 2.24. The second kappa shape index (κ2) is 8.19. The molecule has 0 unspecified atom stereocenters. The Kier molecular flexibility index (Phi) is 6.25. The highest BCUT2D eigenvalue weighted by Gasteiger charge is 2.21. The summed E-state index contributed by atoms with van der Waals surface area (Å²) in [5.41, 5.74) is 7.82. The molecule has 3 heteroatoms. The van der Waals surface area contributed by atoms with Crippen molar-refractivity contribution in [3.63, 3.8) is 0 Å². The summed E-state index contributed by atoms with van der Waals surface area (Å²) in [6, 6.07) is 9.20. The van der Waals surface area contributed by atoms with Crippen LogP contribution in [0.25, 0.3) is 0 Å². The highest BCUT2D eigenvalue weighted by atomic mass is 15.2. The van der Waals surface area contributed by atoms with E-state index < -0.39 is 0 Å². The first kappa shape index (κ1) is 16.0. The third-order valence-electron chi connectivity index (χ3n) is 4.32. The van der Waals surface area contributed by atoms with Gasteiger partial charge in [0.05, 0.1) is 6.54 Å². The lowest BCUT2D eigenvalue weighted by Gasteiger charge is -2.36. The molecule has 1 saturated heterocycles. The van der Waals surface area contributed by atoms with Gasteiger partial charge < -0.3 is 10.6 Å². The van der Waals surface area contributed by atoms with Crippen LogP contribution in [0.15, 0.2) is 24.3 Å². The number of nitrogens with two attached hydrogens (primary N) is 1. The van der Waals surface area contributed by atoms with Gasteiger partial charge in [-0.3, -0.25) is 4.90 Å². The first-order chi connectivity index (χ1) is 10.2. The van der Waals surface area contributed by atoms with Gasteiger partial charge in [-0.1, -0.05) is 30.9 Å². The highest BCUT2D eigenvalue weighted by molar-refractivity contribution is 5.37. The van der Waals surface area contributed by atoms with Crippen molar-refractivity contribution < 1.29 is 0 Å². The van der Waals surface area contributed by atoms with E-state index in [1.165, 1.54) is 38.0 Å². The van der Waals surface area contributed by atoms with Crippen LogP contribution < -0.4 is 5.73 Å². The van der Waals surface area contributed by atoms with E-state index in [4.69, 9.17) is 5.73 Å². The van der Waals surface area contributed by atoms with Gasteiger partial charge in [0.15, 0.2) is 0 Å². The topological polar surface area (TPSA) is 32.5 Å². The number of nitrogens with zero attached hydrogens (tertiary/aromatic N) is 2. The first-order valence-electron chi connectivity index (χ1n) is 7.93. The van der Waals surface area contributed by atoms with Crippen LogP contribution in [0.5, 0.6) is 0 Å². The largest absolute Gasteiger partial charge is 0.320 e. The molecule has 0 radical (unpaired) electrons. The molecule has 1 aromatic carbocycles. The third-order valence-corrected chi connectivity index (χ3v) is 4.32. The fourth-order valence-electron chi connectivity index (χ4n) is 2.99. The maximum atomic E-state index is 5.43. The molecule has 0 bridgehead atoms. The SMILES string of the molecule is CCN1CCC(N(C)Cc2cccc(C#CCN)c2)CC1. The van der Waals surface area contributed by atoms with E-state index in [1.54, 1.807) is 0 Å². The summed E-state index contributed by atoms with van der Waals surface area (Å²) in [5.74, 6) is 6.03. The smallest absolute Gasteiger partial charge is 0.0555 e. The Balaban J connectivity index is 1.92. The van der Waals surface area contributed by atoms with Gasteiger partial charge in [0, 0.05) is 18.2 Å². The zero-order valence-corrected chi connectivity index (χ0v) is 13.3. The predicted octanol–water partition coefficient (Wildman–Crippen LogP) is 1.91. The fourth-order valence-corrected chi connectivity index (χ4v) is 2.99.